The molecule has 0 aliphatic heterocycles. The number of hydrogen-bond donors (Lipinski definition) is 2. The number of nitrogens with one attached hydrogen (secondary N) is 2. The summed E-state index contributed by atoms with van der Waals surface area (Å²) in [6.45, 7) is 0.158. The number of ether oxygens (including phenoxy) is 1. The average molecular weight is 397 g/mol. The Bertz CT molecular complexity index is 1070. The normalized spacial score (nSPS) is 11.0. The van der Waals surface area contributed by atoms with Crippen LogP contribution in [0.15, 0.2) is 77.8 Å². The van der Waals surface area contributed by atoms with Gasteiger partial charge < -0.3 is 10.1 Å². The fourth-order valence-electron chi connectivity index (χ4n) is 2.46. The number of carbonyl (C=O) groups is 1. The van der Waals surface area contributed by atoms with Gasteiger partial charge in [0.2, 0.25) is 15.9 Å². The molecule has 28 heavy (non-hydrogen) atoms. The highest BCUT2D eigenvalue weighted by Crippen LogP contribution is 2.22. The number of carbonyl (C=O) groups excluding carboxylic acids is 1. The lowest BCUT2D eigenvalue weighted by Crippen LogP contribution is -2.24. The van der Waals surface area contributed by atoms with Crippen molar-refractivity contribution >= 4 is 15.9 Å². The summed E-state index contributed by atoms with van der Waals surface area (Å²) in [6.07, 6.45) is 1.54. The first kappa shape index (κ1) is 19.5. The van der Waals surface area contributed by atoms with E-state index in [0.29, 0.717) is 11.3 Å². The van der Waals surface area contributed by atoms with E-state index in [2.05, 4.69) is 15.0 Å². The van der Waals surface area contributed by atoms with Crippen LogP contribution in [0.4, 0.5) is 0 Å². The minimum Gasteiger partial charge on any atom is -0.438 e. The summed E-state index contributed by atoms with van der Waals surface area (Å²) in [4.78, 5) is 16.9. The maximum absolute atomic E-state index is 12.6. The third kappa shape index (κ3) is 4.73. The van der Waals surface area contributed by atoms with Gasteiger partial charge in [0.25, 0.3) is 5.91 Å². The van der Waals surface area contributed by atoms with Gasteiger partial charge in [-0.05, 0) is 49.0 Å². The molecule has 0 bridgehead atoms. The molecular formula is C20H19N3O4S. The zero-order chi connectivity index (χ0) is 20.0. The molecule has 3 rings (SSSR count). The molecule has 2 N–H and O–H groups in total. The highest BCUT2D eigenvalue weighted by molar-refractivity contribution is 7.89. The molecule has 0 unspecified atom stereocenters. The fourth-order valence-corrected chi connectivity index (χ4v) is 3.26. The van der Waals surface area contributed by atoms with Gasteiger partial charge in [-0.25, -0.2) is 18.1 Å². The monoisotopic (exact) mass is 397 g/mol. The molecule has 0 saturated carbocycles. The van der Waals surface area contributed by atoms with Crippen molar-refractivity contribution in [2.45, 2.75) is 11.4 Å². The number of amides is 1. The number of hydrogen-bond acceptors (Lipinski definition) is 5. The van der Waals surface area contributed by atoms with Crippen molar-refractivity contribution in [2.75, 3.05) is 7.05 Å². The molecule has 0 spiro atoms. The second-order valence-corrected chi connectivity index (χ2v) is 7.70. The smallest absolute Gasteiger partial charge is 0.257 e. The first-order valence-corrected chi connectivity index (χ1v) is 9.96. The number of para-hydroxylation sites is 1. The molecule has 0 saturated heterocycles. The Morgan fingerprint density at radius 2 is 1.82 bits per heavy atom. The summed E-state index contributed by atoms with van der Waals surface area (Å²) < 4.78 is 31.8. The second-order valence-electron chi connectivity index (χ2n) is 5.81. The van der Waals surface area contributed by atoms with Gasteiger partial charge in [0.05, 0.1) is 4.90 Å². The zero-order valence-electron chi connectivity index (χ0n) is 15.1. The summed E-state index contributed by atoms with van der Waals surface area (Å²) in [7, 11) is -2.20. The Balaban J connectivity index is 1.73. The van der Waals surface area contributed by atoms with E-state index < -0.39 is 10.0 Å². The lowest BCUT2D eigenvalue weighted by molar-refractivity contribution is 0.0948. The van der Waals surface area contributed by atoms with Crippen molar-refractivity contribution < 1.29 is 17.9 Å². The van der Waals surface area contributed by atoms with E-state index >= 15 is 0 Å². The van der Waals surface area contributed by atoms with Crippen molar-refractivity contribution in [3.63, 3.8) is 0 Å². The number of rotatable bonds is 7. The van der Waals surface area contributed by atoms with Crippen LogP contribution in [0.1, 0.15) is 15.9 Å². The molecular weight excluding hydrogens is 378 g/mol. The molecule has 0 aliphatic carbocycles. The number of aromatic nitrogens is 1. The van der Waals surface area contributed by atoms with Crippen LogP contribution in [-0.2, 0) is 16.6 Å². The van der Waals surface area contributed by atoms with Crippen molar-refractivity contribution in [3.05, 3.63) is 84.1 Å². The van der Waals surface area contributed by atoms with Gasteiger partial charge in [0, 0.05) is 12.7 Å². The molecule has 8 heteroatoms. The number of pyridine rings is 1. The maximum Gasteiger partial charge on any atom is 0.257 e. The van der Waals surface area contributed by atoms with Gasteiger partial charge in [-0.2, -0.15) is 0 Å². The Morgan fingerprint density at radius 3 is 2.57 bits per heavy atom. The van der Waals surface area contributed by atoms with E-state index in [4.69, 9.17) is 4.74 Å². The van der Waals surface area contributed by atoms with Crippen molar-refractivity contribution in [3.8, 4) is 11.6 Å². The molecule has 1 aromatic heterocycles. The second kappa shape index (κ2) is 8.64. The fraction of sp³-hybridized carbons (Fsp3) is 0.100. The van der Waals surface area contributed by atoms with Crippen LogP contribution in [0.25, 0.3) is 0 Å². The van der Waals surface area contributed by atoms with E-state index in [1.54, 1.807) is 42.6 Å². The predicted octanol–water partition coefficient (Wildman–Crippen LogP) is 2.71. The topological polar surface area (TPSA) is 97.4 Å². The van der Waals surface area contributed by atoms with Gasteiger partial charge >= 0.3 is 0 Å². The molecule has 0 fully saturated rings. The molecule has 1 amide bonds. The van der Waals surface area contributed by atoms with Crippen LogP contribution in [0.3, 0.4) is 0 Å². The molecule has 2 aromatic carbocycles. The van der Waals surface area contributed by atoms with Gasteiger partial charge in [0.15, 0.2) is 0 Å². The molecule has 0 radical (unpaired) electrons. The lowest BCUT2D eigenvalue weighted by atomic mass is 10.2. The first-order chi connectivity index (χ1) is 13.5. The average Bonchev–Trinajstić information content (AvgIpc) is 2.73. The Kier molecular flexibility index (Phi) is 6.03. The van der Waals surface area contributed by atoms with E-state index in [0.717, 1.165) is 0 Å². The third-order valence-corrected chi connectivity index (χ3v) is 5.32. The van der Waals surface area contributed by atoms with Crippen LogP contribution < -0.4 is 14.8 Å². The molecule has 1 heterocycles. The van der Waals surface area contributed by atoms with Crippen molar-refractivity contribution in [1.29, 1.82) is 0 Å². The van der Waals surface area contributed by atoms with E-state index in [-0.39, 0.29) is 28.8 Å². The number of sulfonamides is 1. The van der Waals surface area contributed by atoms with Crippen LogP contribution in [0.2, 0.25) is 0 Å². The molecule has 144 valence electrons. The third-order valence-electron chi connectivity index (χ3n) is 3.90. The molecule has 3 aromatic rings. The van der Waals surface area contributed by atoms with E-state index in [1.807, 2.05) is 18.2 Å². The van der Waals surface area contributed by atoms with Gasteiger partial charge in [-0.1, -0.05) is 30.3 Å². The summed E-state index contributed by atoms with van der Waals surface area (Å²) in [5.41, 5.74) is 0.935. The Morgan fingerprint density at radius 1 is 1.04 bits per heavy atom. The lowest BCUT2D eigenvalue weighted by Gasteiger charge is -2.11. The molecule has 0 aliphatic rings. The number of benzene rings is 2. The minimum atomic E-state index is -3.55. The van der Waals surface area contributed by atoms with Crippen LogP contribution in [0.5, 0.6) is 11.6 Å². The SMILES string of the molecule is CNS(=O)(=O)c1cccc(CNC(=O)c2cccnc2Oc2ccccc2)c1. The molecule has 0 atom stereocenters. The minimum absolute atomic E-state index is 0.135. The highest BCUT2D eigenvalue weighted by atomic mass is 32.2. The quantitative estimate of drug-likeness (QED) is 0.639. The summed E-state index contributed by atoms with van der Waals surface area (Å²) >= 11 is 0. The van der Waals surface area contributed by atoms with Crippen LogP contribution in [-0.4, -0.2) is 26.4 Å². The van der Waals surface area contributed by atoms with Gasteiger partial charge in [0.1, 0.15) is 11.3 Å². The Labute approximate surface area is 163 Å². The van der Waals surface area contributed by atoms with Crippen molar-refractivity contribution in [2.24, 2.45) is 0 Å². The summed E-state index contributed by atoms with van der Waals surface area (Å²) in [5, 5.41) is 2.76. The van der Waals surface area contributed by atoms with Gasteiger partial charge in [-0.15, -0.1) is 0 Å². The maximum atomic E-state index is 12.6. The van der Waals surface area contributed by atoms with E-state index in [1.165, 1.54) is 19.2 Å². The Hall–Kier alpha value is -3.23. The summed E-state index contributed by atoms with van der Waals surface area (Å²) in [5.74, 6) is 0.388. The number of nitrogens with zero attached hydrogens (tertiary/aromatic N) is 1. The standard InChI is InChI=1S/C20H19N3O4S/c1-21-28(25,26)17-10-5-7-15(13-17)14-23-19(24)18-11-6-12-22-20(18)27-16-8-3-2-4-9-16/h2-13,21H,14H2,1H3,(H,23,24). The van der Waals surface area contributed by atoms with Crippen molar-refractivity contribution in [1.82, 2.24) is 15.0 Å². The summed E-state index contributed by atoms with van der Waals surface area (Å²) in [6, 6.07) is 18.7. The van der Waals surface area contributed by atoms with Crippen LogP contribution >= 0.6 is 0 Å². The zero-order valence-corrected chi connectivity index (χ0v) is 15.9. The van der Waals surface area contributed by atoms with E-state index in [9.17, 15) is 13.2 Å². The van der Waals surface area contributed by atoms with Gasteiger partial charge in [-0.3, -0.25) is 4.79 Å². The predicted molar refractivity (Wildman–Crippen MR) is 105 cm³/mol. The van der Waals surface area contributed by atoms with Crippen LogP contribution in [0, 0.1) is 0 Å². The largest absolute Gasteiger partial charge is 0.438 e. The highest BCUT2D eigenvalue weighted by Gasteiger charge is 2.15. The first-order valence-electron chi connectivity index (χ1n) is 8.48. The molecule has 7 nitrogen and oxygen atoms in total.